The normalized spacial score (nSPS) is 21.3. The van der Waals surface area contributed by atoms with E-state index in [1.807, 2.05) is 12.1 Å². The van der Waals surface area contributed by atoms with E-state index in [2.05, 4.69) is 42.7 Å². The molecular formula is C20H29ClN2O. The molecule has 1 saturated heterocycles. The van der Waals surface area contributed by atoms with Crippen LogP contribution >= 0.6 is 11.6 Å². The lowest BCUT2D eigenvalue weighted by Crippen LogP contribution is -2.53. The largest absolute Gasteiger partial charge is 0.377 e. The van der Waals surface area contributed by atoms with Crippen LogP contribution in [0, 0.1) is 0 Å². The molecule has 1 aromatic carbocycles. The lowest BCUT2D eigenvalue weighted by molar-refractivity contribution is 0.0630. The topological polar surface area (TPSA) is 15.7 Å². The van der Waals surface area contributed by atoms with E-state index in [1.165, 1.54) is 16.7 Å². The summed E-state index contributed by atoms with van der Waals surface area (Å²) in [5.41, 5.74) is 4.46. The molecule has 1 aromatic rings. The molecule has 0 bridgehead atoms. The van der Waals surface area contributed by atoms with Gasteiger partial charge in [-0.2, -0.15) is 0 Å². The Morgan fingerprint density at radius 2 is 1.71 bits per heavy atom. The van der Waals surface area contributed by atoms with Crippen LogP contribution in [0.15, 0.2) is 29.8 Å². The van der Waals surface area contributed by atoms with Crippen molar-refractivity contribution in [2.75, 3.05) is 45.9 Å². The minimum atomic E-state index is 0.272. The van der Waals surface area contributed by atoms with E-state index in [0.717, 1.165) is 57.4 Å². The lowest BCUT2D eigenvalue weighted by atomic mass is 9.95. The summed E-state index contributed by atoms with van der Waals surface area (Å²) in [4.78, 5) is 5.15. The lowest BCUT2D eigenvalue weighted by Gasteiger charge is -2.42. The Hall–Kier alpha value is -0.870. The van der Waals surface area contributed by atoms with Gasteiger partial charge in [0.25, 0.3) is 0 Å². The highest BCUT2D eigenvalue weighted by Gasteiger charge is 2.26. The van der Waals surface area contributed by atoms with E-state index in [-0.39, 0.29) is 5.54 Å². The van der Waals surface area contributed by atoms with Crippen molar-refractivity contribution in [2.24, 2.45) is 0 Å². The van der Waals surface area contributed by atoms with E-state index >= 15 is 0 Å². The maximum absolute atomic E-state index is 6.04. The quantitative estimate of drug-likeness (QED) is 0.823. The Labute approximate surface area is 151 Å². The van der Waals surface area contributed by atoms with E-state index < -0.39 is 0 Å². The van der Waals surface area contributed by atoms with Crippen LogP contribution in [0.5, 0.6) is 0 Å². The van der Waals surface area contributed by atoms with E-state index in [9.17, 15) is 0 Å². The second-order valence-electron chi connectivity index (χ2n) is 7.83. The van der Waals surface area contributed by atoms with Gasteiger partial charge < -0.3 is 4.74 Å². The molecule has 0 radical (unpaired) electrons. The molecule has 0 spiro atoms. The van der Waals surface area contributed by atoms with Crippen LogP contribution in [0.4, 0.5) is 0 Å². The fraction of sp³-hybridized carbons (Fsp3) is 0.600. The molecular weight excluding hydrogens is 320 g/mol. The molecule has 0 atom stereocenters. The van der Waals surface area contributed by atoms with Crippen LogP contribution in [0.25, 0.3) is 5.57 Å². The predicted molar refractivity (Wildman–Crippen MR) is 102 cm³/mol. The third-order valence-corrected chi connectivity index (χ3v) is 5.38. The Kier molecular flexibility index (Phi) is 5.66. The van der Waals surface area contributed by atoms with Gasteiger partial charge in [-0.15, -0.1) is 0 Å². The fourth-order valence-corrected chi connectivity index (χ4v) is 3.75. The van der Waals surface area contributed by atoms with Crippen molar-refractivity contribution in [3.8, 4) is 0 Å². The standard InChI is InChI=1S/C20H29ClN2O/c1-20(2,3)23-11-9-22(10-12-23)14-17-15-24-13-8-19(17)16-4-6-18(21)7-5-16/h4-7H,8-15H2,1-3H3. The Morgan fingerprint density at radius 3 is 2.33 bits per heavy atom. The molecule has 2 heterocycles. The SMILES string of the molecule is CC(C)(C)N1CCN(CC2=C(c3ccc(Cl)cc3)CCOC2)CC1. The highest BCUT2D eigenvalue weighted by atomic mass is 35.5. The van der Waals surface area contributed by atoms with Gasteiger partial charge in [-0.1, -0.05) is 23.7 Å². The molecule has 2 aliphatic heterocycles. The van der Waals surface area contributed by atoms with E-state index in [4.69, 9.17) is 16.3 Å². The van der Waals surface area contributed by atoms with E-state index in [0.29, 0.717) is 0 Å². The summed E-state index contributed by atoms with van der Waals surface area (Å²) in [5, 5.41) is 0.797. The Morgan fingerprint density at radius 1 is 1.04 bits per heavy atom. The number of hydrogen-bond acceptors (Lipinski definition) is 3. The van der Waals surface area contributed by atoms with Gasteiger partial charge in [-0.25, -0.2) is 0 Å². The molecule has 2 aliphatic rings. The molecule has 0 saturated carbocycles. The third-order valence-electron chi connectivity index (χ3n) is 5.13. The van der Waals surface area contributed by atoms with Crippen molar-refractivity contribution in [3.05, 3.63) is 40.4 Å². The van der Waals surface area contributed by atoms with Crippen LogP contribution in [0.2, 0.25) is 5.02 Å². The molecule has 24 heavy (non-hydrogen) atoms. The van der Waals surface area contributed by atoms with Crippen LogP contribution in [-0.4, -0.2) is 61.3 Å². The highest BCUT2D eigenvalue weighted by Crippen LogP contribution is 2.28. The first-order chi connectivity index (χ1) is 11.4. The Bertz CT molecular complexity index is 581. The first-order valence-corrected chi connectivity index (χ1v) is 9.33. The maximum atomic E-state index is 6.04. The molecule has 0 amide bonds. The van der Waals surface area contributed by atoms with Crippen LogP contribution in [0.1, 0.15) is 32.8 Å². The average Bonchev–Trinajstić information content (AvgIpc) is 2.56. The summed E-state index contributed by atoms with van der Waals surface area (Å²) in [6.07, 6.45) is 0.999. The van der Waals surface area contributed by atoms with Gasteiger partial charge in [0.15, 0.2) is 0 Å². The first-order valence-electron chi connectivity index (χ1n) is 8.95. The zero-order valence-corrected chi connectivity index (χ0v) is 15.9. The monoisotopic (exact) mass is 348 g/mol. The molecule has 3 rings (SSSR count). The first kappa shape index (κ1) is 17.9. The van der Waals surface area contributed by atoms with Gasteiger partial charge in [0.2, 0.25) is 0 Å². The summed E-state index contributed by atoms with van der Waals surface area (Å²) in [6.45, 7) is 14.1. The molecule has 0 aromatic heterocycles. The van der Waals surface area contributed by atoms with Gasteiger partial charge in [0.1, 0.15) is 0 Å². The van der Waals surface area contributed by atoms with Gasteiger partial charge >= 0.3 is 0 Å². The Balaban J connectivity index is 1.69. The summed E-state index contributed by atoms with van der Waals surface area (Å²) >= 11 is 6.04. The van der Waals surface area contributed by atoms with Crippen LogP contribution < -0.4 is 0 Å². The molecule has 1 fully saturated rings. The van der Waals surface area contributed by atoms with E-state index in [1.54, 1.807) is 0 Å². The molecule has 132 valence electrons. The number of ether oxygens (including phenoxy) is 1. The summed E-state index contributed by atoms with van der Waals surface area (Å²) in [6, 6.07) is 8.25. The number of hydrogen-bond donors (Lipinski definition) is 0. The number of halogens is 1. The van der Waals surface area contributed by atoms with Gasteiger partial charge in [0, 0.05) is 43.3 Å². The smallest absolute Gasteiger partial charge is 0.0695 e. The van der Waals surface area contributed by atoms with Gasteiger partial charge in [-0.05, 0) is 56.0 Å². The van der Waals surface area contributed by atoms with Crippen molar-refractivity contribution in [2.45, 2.75) is 32.7 Å². The minimum Gasteiger partial charge on any atom is -0.377 e. The number of rotatable bonds is 3. The van der Waals surface area contributed by atoms with Crippen molar-refractivity contribution in [1.29, 1.82) is 0 Å². The second kappa shape index (κ2) is 7.57. The summed E-state index contributed by atoms with van der Waals surface area (Å²) in [5.74, 6) is 0. The van der Waals surface area contributed by atoms with Crippen molar-refractivity contribution in [1.82, 2.24) is 9.80 Å². The van der Waals surface area contributed by atoms with Crippen molar-refractivity contribution >= 4 is 17.2 Å². The maximum Gasteiger partial charge on any atom is 0.0695 e. The summed E-state index contributed by atoms with van der Waals surface area (Å²) < 4.78 is 5.75. The predicted octanol–water partition coefficient (Wildman–Crippen LogP) is 3.93. The third kappa shape index (κ3) is 4.40. The zero-order valence-electron chi connectivity index (χ0n) is 15.1. The van der Waals surface area contributed by atoms with Crippen molar-refractivity contribution in [3.63, 3.8) is 0 Å². The van der Waals surface area contributed by atoms with Crippen LogP contribution in [0.3, 0.4) is 0 Å². The average molecular weight is 349 g/mol. The van der Waals surface area contributed by atoms with Crippen LogP contribution in [-0.2, 0) is 4.74 Å². The summed E-state index contributed by atoms with van der Waals surface area (Å²) in [7, 11) is 0. The number of piperazine rings is 1. The van der Waals surface area contributed by atoms with Crippen molar-refractivity contribution < 1.29 is 4.74 Å². The number of nitrogens with zero attached hydrogens (tertiary/aromatic N) is 2. The van der Waals surface area contributed by atoms with Gasteiger partial charge in [-0.3, -0.25) is 9.80 Å². The molecule has 4 heteroatoms. The zero-order chi connectivity index (χ0) is 17.2. The molecule has 0 N–H and O–H groups in total. The number of benzene rings is 1. The molecule has 0 unspecified atom stereocenters. The molecule has 0 aliphatic carbocycles. The second-order valence-corrected chi connectivity index (χ2v) is 8.26. The molecule has 3 nitrogen and oxygen atoms in total. The minimum absolute atomic E-state index is 0.272. The van der Waals surface area contributed by atoms with Gasteiger partial charge in [0.05, 0.1) is 13.2 Å². The highest BCUT2D eigenvalue weighted by molar-refractivity contribution is 6.30. The fourth-order valence-electron chi connectivity index (χ4n) is 3.62.